The third-order valence-electron chi connectivity index (χ3n) is 7.14. The van der Waals surface area contributed by atoms with Gasteiger partial charge in [-0.25, -0.2) is 9.59 Å². The molecule has 1 atom stereocenters. The molecule has 0 radical (unpaired) electrons. The first-order chi connectivity index (χ1) is 21.0. The lowest BCUT2D eigenvalue weighted by Crippen LogP contribution is -2.38. The number of carboxylic acid groups (broad SMARTS) is 1. The number of unbranched alkanes of at least 4 members (excludes halogenated alkanes) is 1. The number of nitrogens with zero attached hydrogens (tertiary/aromatic N) is 1. The smallest absolute Gasteiger partial charge is 0.333 e. The van der Waals surface area contributed by atoms with E-state index in [9.17, 15) is 14.7 Å². The number of aliphatic carboxylic acids is 1. The molecule has 0 spiro atoms. The first-order valence-corrected chi connectivity index (χ1v) is 15.5. The highest BCUT2D eigenvalue weighted by Gasteiger charge is 2.18. The largest absolute Gasteiger partial charge is 0.492 e. The predicted octanol–water partition coefficient (Wildman–Crippen LogP) is 7.86. The molecule has 2 amide bonds. The van der Waals surface area contributed by atoms with Crippen LogP contribution in [0.25, 0.3) is 0 Å². The van der Waals surface area contributed by atoms with E-state index >= 15 is 0 Å². The normalized spacial score (nSPS) is 11.7. The number of hydrogen-bond donors (Lipinski definition) is 2. The van der Waals surface area contributed by atoms with Crippen molar-refractivity contribution in [1.29, 1.82) is 0 Å². The lowest BCUT2D eigenvalue weighted by Gasteiger charge is -2.24. The van der Waals surface area contributed by atoms with Crippen LogP contribution in [0.5, 0.6) is 5.75 Å². The fraction of sp³-hybridized carbons (Fsp3) is 0.412. The van der Waals surface area contributed by atoms with Crippen LogP contribution in [0, 0.1) is 20.8 Å². The van der Waals surface area contributed by atoms with E-state index in [0.717, 1.165) is 40.8 Å². The van der Waals surface area contributed by atoms with Gasteiger partial charge in [0.05, 0.1) is 13.2 Å². The topological polar surface area (TPSA) is 97.3 Å². The van der Waals surface area contributed by atoms with Crippen molar-refractivity contribution in [3.63, 3.8) is 0 Å². The quantitative estimate of drug-likeness (QED) is 0.145. The highest BCUT2D eigenvalue weighted by atomic mass is 35.5. The number of anilines is 1. The molecule has 2 N–H and O–H groups in total. The number of carbonyl (C=O) groups excluding carboxylic acids is 1. The second-order valence-electron chi connectivity index (χ2n) is 10.7. The van der Waals surface area contributed by atoms with Crippen molar-refractivity contribution >= 4 is 40.9 Å². The molecule has 0 aliphatic rings. The van der Waals surface area contributed by atoms with Crippen molar-refractivity contribution < 1.29 is 28.9 Å². The van der Waals surface area contributed by atoms with Crippen LogP contribution in [0.15, 0.2) is 54.6 Å². The van der Waals surface area contributed by atoms with Gasteiger partial charge in [-0.3, -0.25) is 0 Å². The monoisotopic (exact) mass is 644 g/mol. The molecule has 0 saturated carbocycles. The number of urea groups is 1. The molecule has 3 rings (SSSR count). The molecule has 0 aliphatic carbocycles. The van der Waals surface area contributed by atoms with Crippen molar-refractivity contribution in [2.24, 2.45) is 0 Å². The molecule has 0 fully saturated rings. The average molecular weight is 646 g/mol. The van der Waals surface area contributed by atoms with Crippen LogP contribution in [0.1, 0.15) is 47.6 Å². The van der Waals surface area contributed by atoms with Gasteiger partial charge in [-0.2, -0.15) is 0 Å². The van der Waals surface area contributed by atoms with Gasteiger partial charge in [0.1, 0.15) is 12.4 Å². The summed E-state index contributed by atoms with van der Waals surface area (Å²) < 4.78 is 17.1. The molecule has 0 aromatic heterocycles. The van der Waals surface area contributed by atoms with Gasteiger partial charge in [-0.15, -0.1) is 0 Å². The number of carboxylic acids is 1. The molecule has 3 aromatic carbocycles. The number of ether oxygens (including phenoxy) is 3. The van der Waals surface area contributed by atoms with E-state index in [0.29, 0.717) is 55.3 Å². The summed E-state index contributed by atoms with van der Waals surface area (Å²) in [4.78, 5) is 26.5. The van der Waals surface area contributed by atoms with E-state index in [-0.39, 0.29) is 12.5 Å². The maximum absolute atomic E-state index is 13.4. The van der Waals surface area contributed by atoms with Crippen molar-refractivity contribution in [3.05, 3.63) is 92.5 Å². The molecule has 10 heteroatoms. The van der Waals surface area contributed by atoms with Crippen molar-refractivity contribution in [3.8, 4) is 5.75 Å². The van der Waals surface area contributed by atoms with Gasteiger partial charge in [0.25, 0.3) is 0 Å². The Bertz CT molecular complexity index is 1360. The van der Waals surface area contributed by atoms with E-state index in [1.54, 1.807) is 30.0 Å². The molecule has 1 unspecified atom stereocenters. The average Bonchev–Trinajstić information content (AvgIpc) is 2.96. The number of halogens is 2. The van der Waals surface area contributed by atoms with Gasteiger partial charge in [0.15, 0.2) is 6.10 Å². The molecule has 0 heterocycles. The second kappa shape index (κ2) is 17.9. The Balaban J connectivity index is 1.55. The number of hydrogen-bond acceptors (Lipinski definition) is 5. The Labute approximate surface area is 270 Å². The van der Waals surface area contributed by atoms with Gasteiger partial charge in [-0.05, 0) is 105 Å². The second-order valence-corrected chi connectivity index (χ2v) is 11.6. The Morgan fingerprint density at radius 2 is 1.55 bits per heavy atom. The summed E-state index contributed by atoms with van der Waals surface area (Å²) in [5, 5.41) is 13.6. The zero-order valence-corrected chi connectivity index (χ0v) is 27.3. The van der Waals surface area contributed by atoms with E-state index < -0.39 is 12.1 Å². The zero-order chi connectivity index (χ0) is 32.1. The zero-order valence-electron chi connectivity index (χ0n) is 25.8. The molecule has 238 valence electrons. The van der Waals surface area contributed by atoms with Gasteiger partial charge < -0.3 is 29.5 Å². The minimum absolute atomic E-state index is 0.194. The van der Waals surface area contributed by atoms with Crippen molar-refractivity contribution in [1.82, 2.24) is 4.90 Å². The molecular formula is C34H42Cl2N2O6. The summed E-state index contributed by atoms with van der Waals surface area (Å²) in [5.74, 6) is -0.351. The maximum atomic E-state index is 13.4. The van der Waals surface area contributed by atoms with Crippen LogP contribution in [0.3, 0.4) is 0 Å². The Hall–Kier alpha value is -3.30. The minimum atomic E-state index is -0.987. The van der Waals surface area contributed by atoms with E-state index in [2.05, 4.69) is 18.3 Å². The first-order valence-electron chi connectivity index (χ1n) is 14.8. The number of nitrogens with one attached hydrogen (secondary N) is 1. The van der Waals surface area contributed by atoms with Gasteiger partial charge in [0.2, 0.25) is 0 Å². The summed E-state index contributed by atoms with van der Waals surface area (Å²) in [7, 11) is 0. The molecule has 3 aromatic rings. The van der Waals surface area contributed by atoms with E-state index in [4.69, 9.17) is 37.4 Å². The first kappa shape index (κ1) is 35.2. The number of aryl methyl sites for hydroxylation is 3. The molecule has 0 bridgehead atoms. The van der Waals surface area contributed by atoms with Crippen molar-refractivity contribution in [2.75, 3.05) is 38.2 Å². The molecule has 8 nitrogen and oxygen atoms in total. The summed E-state index contributed by atoms with van der Waals surface area (Å²) in [6, 6.07) is 16.5. The summed E-state index contributed by atoms with van der Waals surface area (Å²) >= 11 is 12.1. The van der Waals surface area contributed by atoms with Gasteiger partial charge in [0, 0.05) is 41.9 Å². The molecular weight excluding hydrogens is 603 g/mol. The fourth-order valence-electron chi connectivity index (χ4n) is 4.62. The number of amides is 2. The number of rotatable bonds is 17. The Kier molecular flexibility index (Phi) is 14.3. The summed E-state index contributed by atoms with van der Waals surface area (Å²) in [5.41, 5.74) is 5.82. The Morgan fingerprint density at radius 3 is 2.20 bits per heavy atom. The van der Waals surface area contributed by atoms with Crippen LogP contribution in [-0.2, 0) is 27.3 Å². The third-order valence-corrected chi connectivity index (χ3v) is 7.58. The van der Waals surface area contributed by atoms with Gasteiger partial charge in [-0.1, -0.05) is 41.4 Å². The van der Waals surface area contributed by atoms with Crippen LogP contribution >= 0.6 is 23.2 Å². The lowest BCUT2D eigenvalue weighted by atomic mass is 10.1. The van der Waals surface area contributed by atoms with E-state index in [1.165, 1.54) is 5.56 Å². The highest BCUT2D eigenvalue weighted by molar-refractivity contribution is 6.34. The SMILES string of the molecule is CCOC(Cc1ccc(OCCN(CCCCOCc2cc(Cl)cc(Cl)c2)C(=O)Nc2cc(C)c(C)cc2C)cc1)C(=O)O. The van der Waals surface area contributed by atoms with E-state index in [1.807, 2.05) is 44.2 Å². The number of carbonyl (C=O) groups is 2. The standard InChI is InChI=1S/C34H42Cl2N2O6/c1-5-43-32(33(39)40)20-26-8-10-30(11-9-26)44-15-13-38(34(41)37-31-17-24(3)23(2)16-25(31)4)12-6-7-14-42-22-27-18-28(35)21-29(36)19-27/h8-11,16-19,21,32H,5-7,12-15,20,22H2,1-4H3,(H,37,41)(H,39,40). The van der Waals surface area contributed by atoms with Crippen molar-refractivity contribution in [2.45, 2.75) is 59.7 Å². The van der Waals surface area contributed by atoms with Crippen LogP contribution in [0.2, 0.25) is 10.0 Å². The summed E-state index contributed by atoms with van der Waals surface area (Å²) in [6.07, 6.45) is 0.892. The Morgan fingerprint density at radius 1 is 0.864 bits per heavy atom. The fourth-order valence-corrected chi connectivity index (χ4v) is 5.19. The lowest BCUT2D eigenvalue weighted by molar-refractivity contribution is -0.149. The molecule has 0 saturated heterocycles. The van der Waals surface area contributed by atoms with Crippen LogP contribution < -0.4 is 10.1 Å². The minimum Gasteiger partial charge on any atom is -0.492 e. The number of benzene rings is 3. The van der Waals surface area contributed by atoms with Gasteiger partial charge >= 0.3 is 12.0 Å². The molecule has 44 heavy (non-hydrogen) atoms. The van der Waals surface area contributed by atoms with Crippen LogP contribution in [-0.4, -0.2) is 61.0 Å². The maximum Gasteiger partial charge on any atom is 0.333 e. The summed E-state index contributed by atoms with van der Waals surface area (Å²) in [6.45, 7) is 10.3. The highest BCUT2D eigenvalue weighted by Crippen LogP contribution is 2.22. The molecule has 0 aliphatic heterocycles. The predicted molar refractivity (Wildman–Crippen MR) is 175 cm³/mol. The third kappa shape index (κ3) is 11.7. The van der Waals surface area contributed by atoms with Crippen LogP contribution in [0.4, 0.5) is 10.5 Å².